The molecule has 0 radical (unpaired) electrons. The lowest BCUT2D eigenvalue weighted by Crippen LogP contribution is -2.17. The smallest absolute Gasteiger partial charge is 0.130 e. The fraction of sp³-hybridized carbons (Fsp3) is 0.333. The largest absolute Gasteiger partial charge is 0.373 e. The molecule has 2 aromatic heterocycles. The Morgan fingerprint density at radius 1 is 1.41 bits per heavy atom. The molecule has 90 valence electrons. The van der Waals surface area contributed by atoms with Crippen LogP contribution in [0.4, 0.5) is 11.6 Å². The summed E-state index contributed by atoms with van der Waals surface area (Å²) >= 11 is 0. The van der Waals surface area contributed by atoms with Crippen LogP contribution in [0.25, 0.3) is 0 Å². The van der Waals surface area contributed by atoms with Gasteiger partial charge in [0, 0.05) is 39.4 Å². The highest BCUT2D eigenvalue weighted by atomic mass is 15.2. The van der Waals surface area contributed by atoms with Gasteiger partial charge in [0.1, 0.15) is 11.6 Å². The summed E-state index contributed by atoms with van der Waals surface area (Å²) in [4.78, 5) is 6.58. The second-order valence-corrected chi connectivity index (χ2v) is 4.01. The predicted molar refractivity (Wildman–Crippen MR) is 69.1 cm³/mol. The van der Waals surface area contributed by atoms with Gasteiger partial charge in [-0.05, 0) is 12.1 Å². The molecule has 5 heteroatoms. The molecule has 0 atom stereocenters. The van der Waals surface area contributed by atoms with Crippen LogP contribution in [0.3, 0.4) is 0 Å². The Morgan fingerprint density at radius 2 is 2.24 bits per heavy atom. The molecule has 0 fully saturated rings. The molecule has 0 bridgehead atoms. The molecule has 2 heterocycles. The number of aryl methyl sites for hydroxylation is 1. The molecular formula is C12H17N5. The molecule has 0 unspecified atom stereocenters. The van der Waals surface area contributed by atoms with Crippen molar-refractivity contribution in [3.8, 4) is 0 Å². The molecular weight excluding hydrogens is 214 g/mol. The molecule has 0 spiro atoms. The minimum Gasteiger partial charge on any atom is -0.373 e. The van der Waals surface area contributed by atoms with Gasteiger partial charge in [0.15, 0.2) is 0 Å². The van der Waals surface area contributed by atoms with Crippen molar-refractivity contribution < 1.29 is 0 Å². The third-order valence-electron chi connectivity index (χ3n) is 2.56. The van der Waals surface area contributed by atoms with Crippen molar-refractivity contribution in [2.24, 2.45) is 7.05 Å². The normalized spacial score (nSPS) is 10.3. The lowest BCUT2D eigenvalue weighted by molar-refractivity contribution is 0.766. The minimum absolute atomic E-state index is 0.800. The molecule has 0 aromatic carbocycles. The molecule has 0 saturated carbocycles. The number of hydrogen-bond donors (Lipinski definition) is 1. The van der Waals surface area contributed by atoms with Crippen LogP contribution in [0.1, 0.15) is 5.56 Å². The SMILES string of the molecule is CNc1cccc(N(C)Cc2cnn(C)c2)n1. The van der Waals surface area contributed by atoms with E-state index in [-0.39, 0.29) is 0 Å². The molecule has 2 aromatic rings. The van der Waals surface area contributed by atoms with E-state index in [1.54, 1.807) is 4.68 Å². The first-order valence-electron chi connectivity index (χ1n) is 5.52. The fourth-order valence-corrected chi connectivity index (χ4v) is 1.68. The second-order valence-electron chi connectivity index (χ2n) is 4.01. The summed E-state index contributed by atoms with van der Waals surface area (Å²) in [6.07, 6.45) is 3.89. The van der Waals surface area contributed by atoms with Crippen molar-refractivity contribution in [2.45, 2.75) is 6.54 Å². The third kappa shape index (κ3) is 2.75. The first-order chi connectivity index (χ1) is 8.19. The van der Waals surface area contributed by atoms with Gasteiger partial charge in [-0.2, -0.15) is 5.10 Å². The van der Waals surface area contributed by atoms with Gasteiger partial charge in [0.05, 0.1) is 6.20 Å². The summed E-state index contributed by atoms with van der Waals surface area (Å²) < 4.78 is 1.81. The maximum atomic E-state index is 4.48. The summed E-state index contributed by atoms with van der Waals surface area (Å²) in [5.41, 5.74) is 1.17. The Bertz CT molecular complexity index is 491. The number of anilines is 2. The van der Waals surface area contributed by atoms with E-state index in [2.05, 4.69) is 20.3 Å². The maximum absolute atomic E-state index is 4.48. The summed E-state index contributed by atoms with van der Waals surface area (Å²) in [5, 5.41) is 7.19. The zero-order valence-electron chi connectivity index (χ0n) is 10.4. The Hall–Kier alpha value is -2.04. The standard InChI is InChI=1S/C12H17N5/c1-13-11-5-4-6-12(15-11)16(2)8-10-7-14-17(3)9-10/h4-7,9H,8H2,1-3H3,(H,13,15). The molecule has 17 heavy (non-hydrogen) atoms. The van der Waals surface area contributed by atoms with Crippen molar-refractivity contribution in [2.75, 3.05) is 24.3 Å². The fourth-order valence-electron chi connectivity index (χ4n) is 1.68. The van der Waals surface area contributed by atoms with Gasteiger partial charge in [0.2, 0.25) is 0 Å². The maximum Gasteiger partial charge on any atom is 0.130 e. The molecule has 5 nitrogen and oxygen atoms in total. The highest BCUT2D eigenvalue weighted by Gasteiger charge is 2.05. The number of nitrogens with one attached hydrogen (secondary N) is 1. The topological polar surface area (TPSA) is 46.0 Å². The van der Waals surface area contributed by atoms with Gasteiger partial charge in [-0.3, -0.25) is 4.68 Å². The summed E-state index contributed by atoms with van der Waals surface area (Å²) in [5.74, 6) is 1.82. The summed E-state index contributed by atoms with van der Waals surface area (Å²) in [6, 6.07) is 5.94. The van der Waals surface area contributed by atoms with Crippen LogP contribution in [-0.4, -0.2) is 28.9 Å². The second kappa shape index (κ2) is 4.86. The molecule has 0 aliphatic heterocycles. The van der Waals surface area contributed by atoms with Crippen LogP contribution < -0.4 is 10.2 Å². The number of aromatic nitrogens is 3. The Labute approximate surface area is 101 Å². The minimum atomic E-state index is 0.800. The quantitative estimate of drug-likeness (QED) is 0.866. The van der Waals surface area contributed by atoms with Crippen molar-refractivity contribution in [3.63, 3.8) is 0 Å². The number of nitrogens with zero attached hydrogens (tertiary/aromatic N) is 4. The van der Waals surface area contributed by atoms with Gasteiger partial charge < -0.3 is 10.2 Å². The van der Waals surface area contributed by atoms with Gasteiger partial charge in [-0.15, -0.1) is 0 Å². The van der Waals surface area contributed by atoms with E-state index < -0.39 is 0 Å². The van der Waals surface area contributed by atoms with Gasteiger partial charge >= 0.3 is 0 Å². The van der Waals surface area contributed by atoms with Crippen LogP contribution in [0.15, 0.2) is 30.6 Å². The van der Waals surface area contributed by atoms with Crippen molar-refractivity contribution in [3.05, 3.63) is 36.2 Å². The number of rotatable bonds is 4. The lowest BCUT2D eigenvalue weighted by atomic mass is 10.3. The highest BCUT2D eigenvalue weighted by Crippen LogP contribution is 2.14. The molecule has 1 N–H and O–H groups in total. The average molecular weight is 231 g/mol. The average Bonchev–Trinajstić information content (AvgIpc) is 2.75. The highest BCUT2D eigenvalue weighted by molar-refractivity contribution is 5.46. The van der Waals surface area contributed by atoms with E-state index in [1.807, 2.05) is 51.7 Å². The van der Waals surface area contributed by atoms with Gasteiger partial charge in [-0.1, -0.05) is 6.07 Å². The Morgan fingerprint density at radius 3 is 2.88 bits per heavy atom. The van der Waals surface area contributed by atoms with Crippen molar-refractivity contribution >= 4 is 11.6 Å². The zero-order valence-corrected chi connectivity index (χ0v) is 10.4. The van der Waals surface area contributed by atoms with Crippen LogP contribution in [0.5, 0.6) is 0 Å². The monoisotopic (exact) mass is 231 g/mol. The van der Waals surface area contributed by atoms with Crippen LogP contribution in [-0.2, 0) is 13.6 Å². The molecule has 2 rings (SSSR count). The van der Waals surface area contributed by atoms with Crippen molar-refractivity contribution in [1.82, 2.24) is 14.8 Å². The zero-order chi connectivity index (χ0) is 12.3. The molecule has 0 saturated heterocycles. The molecule has 0 aliphatic rings. The van der Waals surface area contributed by atoms with Gasteiger partial charge in [-0.25, -0.2) is 4.98 Å². The summed E-state index contributed by atoms with van der Waals surface area (Å²) in [6.45, 7) is 0.800. The first kappa shape index (κ1) is 11.4. The van der Waals surface area contributed by atoms with Crippen LogP contribution >= 0.6 is 0 Å². The summed E-state index contributed by atoms with van der Waals surface area (Å²) in [7, 11) is 5.81. The van der Waals surface area contributed by atoms with Gasteiger partial charge in [0.25, 0.3) is 0 Å². The molecule has 0 amide bonds. The van der Waals surface area contributed by atoms with E-state index in [1.165, 1.54) is 5.56 Å². The first-order valence-corrected chi connectivity index (χ1v) is 5.52. The van der Waals surface area contributed by atoms with E-state index >= 15 is 0 Å². The third-order valence-corrected chi connectivity index (χ3v) is 2.56. The predicted octanol–water partition coefficient (Wildman–Crippen LogP) is 1.49. The van der Waals surface area contributed by atoms with E-state index in [0.29, 0.717) is 0 Å². The number of pyridine rings is 1. The number of hydrogen-bond acceptors (Lipinski definition) is 4. The Kier molecular flexibility index (Phi) is 3.27. The van der Waals surface area contributed by atoms with E-state index in [0.717, 1.165) is 18.2 Å². The van der Waals surface area contributed by atoms with E-state index in [4.69, 9.17) is 0 Å². The lowest BCUT2D eigenvalue weighted by Gasteiger charge is -2.17. The van der Waals surface area contributed by atoms with Crippen LogP contribution in [0.2, 0.25) is 0 Å². The van der Waals surface area contributed by atoms with Crippen LogP contribution in [0, 0.1) is 0 Å². The van der Waals surface area contributed by atoms with E-state index in [9.17, 15) is 0 Å². The molecule has 0 aliphatic carbocycles. The Balaban J connectivity index is 2.11. The van der Waals surface area contributed by atoms with Crippen molar-refractivity contribution in [1.29, 1.82) is 0 Å².